The molecule has 2 N–H and O–H groups in total. The zero-order valence-corrected chi connectivity index (χ0v) is 15.7. The summed E-state index contributed by atoms with van der Waals surface area (Å²) in [6.45, 7) is 3.49. The smallest absolute Gasteiger partial charge is 0.280 e. The van der Waals surface area contributed by atoms with Crippen LogP contribution in [0.5, 0.6) is 11.5 Å². The highest BCUT2D eigenvalue weighted by atomic mass is 35.5. The maximum absolute atomic E-state index is 12.2. The van der Waals surface area contributed by atoms with E-state index in [2.05, 4.69) is 10.5 Å². The number of ether oxygens (including phenoxy) is 1. The molecule has 1 atom stereocenters. The van der Waals surface area contributed by atoms with Gasteiger partial charge in [-0.3, -0.25) is 4.79 Å². The number of benzene rings is 3. The average Bonchev–Trinajstić information content (AvgIpc) is 2.66. The van der Waals surface area contributed by atoms with Crippen molar-refractivity contribution in [1.29, 1.82) is 0 Å². The van der Waals surface area contributed by atoms with Crippen molar-refractivity contribution in [3.8, 4) is 11.5 Å². The van der Waals surface area contributed by atoms with Crippen molar-refractivity contribution in [2.45, 2.75) is 20.0 Å². The van der Waals surface area contributed by atoms with Gasteiger partial charge in [-0.25, -0.2) is 5.43 Å². The molecule has 138 valence electrons. The molecule has 5 nitrogen and oxygen atoms in total. The van der Waals surface area contributed by atoms with E-state index in [1.54, 1.807) is 31.2 Å². The van der Waals surface area contributed by atoms with Gasteiger partial charge in [-0.2, -0.15) is 5.10 Å². The number of rotatable bonds is 5. The van der Waals surface area contributed by atoms with E-state index in [0.29, 0.717) is 16.3 Å². The molecule has 0 aliphatic rings. The van der Waals surface area contributed by atoms with E-state index in [4.69, 9.17) is 16.3 Å². The number of hydrogen-bond acceptors (Lipinski definition) is 4. The molecule has 1 amide bonds. The van der Waals surface area contributed by atoms with Crippen LogP contribution in [0.2, 0.25) is 5.02 Å². The van der Waals surface area contributed by atoms with Crippen molar-refractivity contribution >= 4 is 34.5 Å². The third-order valence-corrected chi connectivity index (χ3v) is 4.55. The van der Waals surface area contributed by atoms with Crippen molar-refractivity contribution in [3.63, 3.8) is 0 Å². The Labute approximate surface area is 162 Å². The lowest BCUT2D eigenvalue weighted by molar-refractivity contribution is -0.127. The number of halogens is 1. The minimum atomic E-state index is -0.746. The Morgan fingerprint density at radius 3 is 2.78 bits per heavy atom. The summed E-state index contributed by atoms with van der Waals surface area (Å²) in [4.78, 5) is 12.2. The Balaban J connectivity index is 1.68. The van der Waals surface area contributed by atoms with Crippen LogP contribution >= 0.6 is 11.6 Å². The van der Waals surface area contributed by atoms with Crippen molar-refractivity contribution in [2.24, 2.45) is 5.10 Å². The number of carbonyl (C=O) groups is 1. The summed E-state index contributed by atoms with van der Waals surface area (Å²) < 4.78 is 5.61. The van der Waals surface area contributed by atoms with Crippen LogP contribution in [0.1, 0.15) is 18.1 Å². The predicted molar refractivity (Wildman–Crippen MR) is 108 cm³/mol. The highest BCUT2D eigenvalue weighted by Crippen LogP contribution is 2.25. The monoisotopic (exact) mass is 382 g/mol. The summed E-state index contributed by atoms with van der Waals surface area (Å²) >= 11 is 5.99. The number of aryl methyl sites for hydroxylation is 1. The van der Waals surface area contributed by atoms with Gasteiger partial charge in [0.05, 0.1) is 6.21 Å². The van der Waals surface area contributed by atoms with Crippen molar-refractivity contribution in [3.05, 3.63) is 70.7 Å². The van der Waals surface area contributed by atoms with Crippen molar-refractivity contribution in [2.75, 3.05) is 0 Å². The Morgan fingerprint density at radius 2 is 2.00 bits per heavy atom. The fraction of sp³-hybridized carbons (Fsp3) is 0.143. The van der Waals surface area contributed by atoms with Crippen LogP contribution < -0.4 is 10.2 Å². The van der Waals surface area contributed by atoms with E-state index in [1.165, 1.54) is 6.21 Å². The number of nitrogens with one attached hydrogen (secondary N) is 1. The molecule has 0 fully saturated rings. The molecule has 6 heteroatoms. The molecule has 3 rings (SSSR count). The Morgan fingerprint density at radius 1 is 1.22 bits per heavy atom. The lowest BCUT2D eigenvalue weighted by Gasteiger charge is -2.13. The lowest BCUT2D eigenvalue weighted by atomic mass is 10.0. The minimum Gasteiger partial charge on any atom is -0.507 e. The van der Waals surface area contributed by atoms with E-state index < -0.39 is 12.0 Å². The zero-order chi connectivity index (χ0) is 19.4. The molecular formula is C21H19ClN2O3. The molecule has 0 heterocycles. The third-order valence-electron chi connectivity index (χ3n) is 4.13. The lowest BCUT2D eigenvalue weighted by Crippen LogP contribution is -2.33. The van der Waals surface area contributed by atoms with Crippen LogP contribution in [0.3, 0.4) is 0 Å². The molecule has 0 saturated carbocycles. The fourth-order valence-corrected chi connectivity index (χ4v) is 2.74. The van der Waals surface area contributed by atoms with Gasteiger partial charge in [0.1, 0.15) is 11.5 Å². The first-order chi connectivity index (χ1) is 13.0. The summed E-state index contributed by atoms with van der Waals surface area (Å²) in [6.07, 6.45) is 0.679. The molecule has 1 unspecified atom stereocenters. The molecule has 0 spiro atoms. The van der Waals surface area contributed by atoms with Crippen LogP contribution in [0.25, 0.3) is 10.8 Å². The van der Waals surface area contributed by atoms with Crippen LogP contribution in [0, 0.1) is 6.92 Å². The van der Waals surface area contributed by atoms with Gasteiger partial charge in [0.25, 0.3) is 5.91 Å². The Hall–Kier alpha value is -3.05. The molecule has 0 aliphatic carbocycles. The molecule has 0 saturated heterocycles. The number of amides is 1. The molecular weight excluding hydrogens is 364 g/mol. The van der Waals surface area contributed by atoms with Gasteiger partial charge >= 0.3 is 0 Å². The molecule has 3 aromatic rings. The topological polar surface area (TPSA) is 70.9 Å². The van der Waals surface area contributed by atoms with E-state index in [1.807, 2.05) is 37.3 Å². The van der Waals surface area contributed by atoms with Gasteiger partial charge < -0.3 is 9.84 Å². The summed E-state index contributed by atoms with van der Waals surface area (Å²) in [6, 6.07) is 16.2. The number of phenols is 1. The molecule has 27 heavy (non-hydrogen) atoms. The number of hydrazone groups is 1. The van der Waals surface area contributed by atoms with Gasteiger partial charge in [-0.05, 0) is 54.4 Å². The third kappa shape index (κ3) is 4.38. The maximum Gasteiger partial charge on any atom is 0.280 e. The van der Waals surface area contributed by atoms with E-state index in [-0.39, 0.29) is 5.75 Å². The first-order valence-corrected chi connectivity index (χ1v) is 8.80. The maximum atomic E-state index is 12.2. The second kappa shape index (κ2) is 8.10. The Kier molecular flexibility index (Phi) is 5.62. The van der Waals surface area contributed by atoms with Gasteiger partial charge in [0.15, 0.2) is 6.10 Å². The van der Waals surface area contributed by atoms with E-state index in [0.717, 1.165) is 16.3 Å². The first-order valence-electron chi connectivity index (χ1n) is 8.42. The summed E-state index contributed by atoms with van der Waals surface area (Å²) in [5.41, 5.74) is 3.84. The number of hydrogen-bond donors (Lipinski definition) is 2. The highest BCUT2D eigenvalue weighted by Gasteiger charge is 2.14. The minimum absolute atomic E-state index is 0.0904. The number of phenolic OH excluding ortho intramolecular Hbond substituents is 1. The fourth-order valence-electron chi connectivity index (χ4n) is 2.62. The Bertz CT molecular complexity index is 1020. The number of carbonyl (C=O) groups excluding carboxylic acids is 1. The van der Waals surface area contributed by atoms with Crippen LogP contribution in [-0.4, -0.2) is 23.3 Å². The van der Waals surface area contributed by atoms with Crippen molar-refractivity contribution < 1.29 is 14.6 Å². The highest BCUT2D eigenvalue weighted by molar-refractivity contribution is 6.31. The van der Waals surface area contributed by atoms with E-state index >= 15 is 0 Å². The molecule has 0 radical (unpaired) electrons. The number of nitrogens with zero attached hydrogens (tertiary/aromatic N) is 1. The SMILES string of the molecule is Cc1cc(OC(C)C(=O)NN=Cc2c(O)ccc3ccccc23)ccc1Cl. The van der Waals surface area contributed by atoms with Crippen LogP contribution in [-0.2, 0) is 4.79 Å². The summed E-state index contributed by atoms with van der Waals surface area (Å²) in [5.74, 6) is 0.237. The second-order valence-corrected chi connectivity index (χ2v) is 6.53. The standard InChI is InChI=1S/C21H19ClN2O3/c1-13-11-16(8-9-19(13)22)27-14(2)21(26)24-23-12-18-17-6-4-3-5-15(17)7-10-20(18)25/h3-12,14,25H,1-2H3,(H,24,26). The van der Waals surface area contributed by atoms with Gasteiger partial charge in [-0.1, -0.05) is 41.9 Å². The first kappa shape index (κ1) is 18.7. The largest absolute Gasteiger partial charge is 0.507 e. The van der Waals surface area contributed by atoms with E-state index in [9.17, 15) is 9.90 Å². The number of fused-ring (bicyclic) bond motifs is 1. The zero-order valence-electron chi connectivity index (χ0n) is 14.9. The van der Waals surface area contributed by atoms with Gasteiger partial charge in [0, 0.05) is 10.6 Å². The van der Waals surface area contributed by atoms with Crippen LogP contribution in [0.15, 0.2) is 59.7 Å². The normalized spacial score (nSPS) is 12.3. The second-order valence-electron chi connectivity index (χ2n) is 6.12. The van der Waals surface area contributed by atoms with Gasteiger partial charge in [0.2, 0.25) is 0 Å². The summed E-state index contributed by atoms with van der Waals surface area (Å²) in [5, 5.41) is 16.5. The average molecular weight is 383 g/mol. The van der Waals surface area contributed by atoms with Crippen molar-refractivity contribution in [1.82, 2.24) is 5.43 Å². The molecule has 3 aromatic carbocycles. The molecule has 0 aliphatic heterocycles. The van der Waals surface area contributed by atoms with Gasteiger partial charge in [-0.15, -0.1) is 0 Å². The number of aromatic hydroxyl groups is 1. The predicted octanol–water partition coefficient (Wildman–Crippen LogP) is 4.42. The summed E-state index contributed by atoms with van der Waals surface area (Å²) in [7, 11) is 0. The van der Waals surface area contributed by atoms with Crippen LogP contribution in [0.4, 0.5) is 0 Å². The quantitative estimate of drug-likeness (QED) is 0.506. The molecule has 0 aromatic heterocycles. The molecule has 0 bridgehead atoms.